The lowest BCUT2D eigenvalue weighted by Gasteiger charge is -2.28. The number of hydrogen-bond donors (Lipinski definition) is 2. The molecule has 1 atom stereocenters. The Balaban J connectivity index is 2.77. The van der Waals surface area contributed by atoms with Crippen molar-refractivity contribution >= 4 is 17.5 Å². The second-order valence-corrected chi connectivity index (χ2v) is 4.57. The number of hydrogen-bond acceptors (Lipinski definition) is 3. The lowest BCUT2D eigenvalue weighted by Crippen LogP contribution is -2.46. The molecule has 0 aliphatic carbocycles. The van der Waals surface area contributed by atoms with Crippen LogP contribution >= 0.6 is 11.6 Å². The predicted octanol–water partition coefficient (Wildman–Crippen LogP) is 2.02. The Morgan fingerprint density at radius 2 is 2.29 bits per heavy atom. The van der Waals surface area contributed by atoms with E-state index < -0.39 is 5.54 Å². The number of amides is 1. The zero-order valence-corrected chi connectivity index (χ0v) is 10.8. The first kappa shape index (κ1) is 13.9. The summed E-state index contributed by atoms with van der Waals surface area (Å²) in [6.07, 6.45) is 1.25. The van der Waals surface area contributed by atoms with Gasteiger partial charge in [0.2, 0.25) is 0 Å². The third-order valence-corrected chi connectivity index (χ3v) is 3.02. The predicted molar refractivity (Wildman–Crippen MR) is 67.1 cm³/mol. The van der Waals surface area contributed by atoms with Crippen LogP contribution in [0, 0.1) is 0 Å². The van der Waals surface area contributed by atoms with Crippen LogP contribution in [0.5, 0.6) is 0 Å². The third-order valence-electron chi connectivity index (χ3n) is 2.81. The van der Waals surface area contributed by atoms with Gasteiger partial charge in [0.25, 0.3) is 5.91 Å². The molecule has 17 heavy (non-hydrogen) atoms. The van der Waals surface area contributed by atoms with Crippen molar-refractivity contribution in [1.29, 1.82) is 0 Å². The molecule has 1 rings (SSSR count). The van der Waals surface area contributed by atoms with Gasteiger partial charge in [0.1, 0.15) is 10.8 Å². The Morgan fingerprint density at radius 3 is 2.82 bits per heavy atom. The molecule has 1 heterocycles. The summed E-state index contributed by atoms with van der Waals surface area (Å²) in [5.74, 6) is -0.273. The number of carbonyl (C=O) groups is 1. The number of carbonyl (C=O) groups excluding carboxylic acids is 1. The van der Waals surface area contributed by atoms with Crippen LogP contribution in [0.1, 0.15) is 37.2 Å². The average molecular weight is 257 g/mol. The smallest absolute Gasteiger partial charge is 0.270 e. The fourth-order valence-electron chi connectivity index (χ4n) is 1.45. The van der Waals surface area contributed by atoms with E-state index in [2.05, 4.69) is 10.3 Å². The topological polar surface area (TPSA) is 62.2 Å². The van der Waals surface area contributed by atoms with Gasteiger partial charge in [0.15, 0.2) is 0 Å². The highest BCUT2D eigenvalue weighted by Crippen LogP contribution is 2.15. The van der Waals surface area contributed by atoms with E-state index in [9.17, 15) is 4.79 Å². The molecule has 1 aromatic heterocycles. The van der Waals surface area contributed by atoms with Crippen molar-refractivity contribution in [3.8, 4) is 0 Å². The van der Waals surface area contributed by atoms with E-state index in [1.165, 1.54) is 0 Å². The maximum Gasteiger partial charge on any atom is 0.270 e. The Kier molecular flexibility index (Phi) is 4.90. The molecule has 1 aromatic rings. The quantitative estimate of drug-likeness (QED) is 0.793. The van der Waals surface area contributed by atoms with Crippen molar-refractivity contribution in [2.75, 3.05) is 6.61 Å². The highest BCUT2D eigenvalue weighted by atomic mass is 35.5. The van der Waals surface area contributed by atoms with Crippen molar-refractivity contribution in [1.82, 2.24) is 10.3 Å². The van der Waals surface area contributed by atoms with E-state index in [-0.39, 0.29) is 23.4 Å². The van der Waals surface area contributed by atoms with Crippen molar-refractivity contribution in [3.05, 3.63) is 29.0 Å². The van der Waals surface area contributed by atoms with E-state index in [1.54, 1.807) is 18.2 Å². The van der Waals surface area contributed by atoms with Crippen LogP contribution in [-0.2, 0) is 0 Å². The minimum absolute atomic E-state index is 0.0353. The van der Waals surface area contributed by atoms with Gasteiger partial charge in [-0.1, -0.05) is 24.6 Å². The zero-order valence-electron chi connectivity index (χ0n) is 10.0. The van der Waals surface area contributed by atoms with Crippen molar-refractivity contribution in [2.45, 2.75) is 32.2 Å². The van der Waals surface area contributed by atoms with Crippen LogP contribution in [-0.4, -0.2) is 28.1 Å². The highest BCUT2D eigenvalue weighted by Gasteiger charge is 2.24. The van der Waals surface area contributed by atoms with E-state index in [0.29, 0.717) is 6.42 Å². The molecule has 0 spiro atoms. The van der Waals surface area contributed by atoms with Crippen LogP contribution in [0.2, 0.25) is 5.15 Å². The van der Waals surface area contributed by atoms with Crippen LogP contribution in [0.15, 0.2) is 18.2 Å². The Bertz CT molecular complexity index is 398. The van der Waals surface area contributed by atoms with Crippen molar-refractivity contribution < 1.29 is 9.90 Å². The minimum Gasteiger partial charge on any atom is -0.396 e. The van der Waals surface area contributed by atoms with Crippen molar-refractivity contribution in [2.24, 2.45) is 0 Å². The van der Waals surface area contributed by atoms with Gasteiger partial charge in [-0.2, -0.15) is 0 Å². The number of nitrogens with one attached hydrogen (secondary N) is 1. The molecule has 0 bridgehead atoms. The first-order valence-corrected chi connectivity index (χ1v) is 5.94. The first-order chi connectivity index (χ1) is 8.00. The van der Waals surface area contributed by atoms with Crippen LogP contribution in [0.3, 0.4) is 0 Å². The number of aromatic nitrogens is 1. The van der Waals surface area contributed by atoms with Gasteiger partial charge in [-0.25, -0.2) is 4.98 Å². The Morgan fingerprint density at radius 1 is 1.59 bits per heavy atom. The lowest BCUT2D eigenvalue weighted by molar-refractivity contribution is 0.0881. The largest absolute Gasteiger partial charge is 0.396 e. The number of pyridine rings is 1. The van der Waals surface area contributed by atoms with Gasteiger partial charge in [0, 0.05) is 12.1 Å². The van der Waals surface area contributed by atoms with Gasteiger partial charge < -0.3 is 10.4 Å². The molecule has 0 aliphatic rings. The number of halogens is 1. The summed E-state index contributed by atoms with van der Waals surface area (Å²) in [6, 6.07) is 4.90. The summed E-state index contributed by atoms with van der Waals surface area (Å²) in [4.78, 5) is 15.9. The molecule has 94 valence electrons. The monoisotopic (exact) mass is 256 g/mol. The standard InChI is InChI=1S/C12H17ClN2O2/c1-3-12(2,7-8-16)15-11(17)9-5-4-6-10(13)14-9/h4-6,16H,3,7-8H2,1-2H3,(H,15,17). The maximum absolute atomic E-state index is 11.9. The first-order valence-electron chi connectivity index (χ1n) is 5.56. The van der Waals surface area contributed by atoms with E-state index >= 15 is 0 Å². The zero-order chi connectivity index (χ0) is 12.9. The summed E-state index contributed by atoms with van der Waals surface area (Å²) >= 11 is 5.72. The molecular formula is C12H17ClN2O2. The lowest BCUT2D eigenvalue weighted by atomic mass is 9.94. The second kappa shape index (κ2) is 5.98. The van der Waals surface area contributed by atoms with Crippen LogP contribution < -0.4 is 5.32 Å². The van der Waals surface area contributed by atoms with Gasteiger partial charge in [-0.05, 0) is 31.9 Å². The molecule has 1 amide bonds. The number of aliphatic hydroxyl groups is 1. The maximum atomic E-state index is 11.9. The Hall–Kier alpha value is -1.13. The van der Waals surface area contributed by atoms with Gasteiger partial charge in [-0.3, -0.25) is 4.79 Å². The number of nitrogens with zero attached hydrogens (tertiary/aromatic N) is 1. The molecule has 0 aliphatic heterocycles. The summed E-state index contributed by atoms with van der Waals surface area (Å²) in [7, 11) is 0. The van der Waals surface area contributed by atoms with Gasteiger partial charge in [0.05, 0.1) is 0 Å². The molecule has 0 aromatic carbocycles. The SMILES string of the molecule is CCC(C)(CCO)NC(=O)c1cccc(Cl)n1. The summed E-state index contributed by atoms with van der Waals surface area (Å²) in [5, 5.41) is 12.1. The molecule has 2 N–H and O–H groups in total. The number of rotatable bonds is 5. The molecule has 0 saturated carbocycles. The third kappa shape index (κ3) is 3.98. The fourth-order valence-corrected chi connectivity index (χ4v) is 1.61. The average Bonchev–Trinajstić information content (AvgIpc) is 2.29. The normalized spacial score (nSPS) is 14.1. The second-order valence-electron chi connectivity index (χ2n) is 4.19. The number of aliphatic hydroxyl groups excluding tert-OH is 1. The van der Waals surface area contributed by atoms with Gasteiger partial charge >= 0.3 is 0 Å². The van der Waals surface area contributed by atoms with Gasteiger partial charge in [-0.15, -0.1) is 0 Å². The van der Waals surface area contributed by atoms with Crippen LogP contribution in [0.25, 0.3) is 0 Å². The summed E-state index contributed by atoms with van der Waals surface area (Å²) < 4.78 is 0. The molecule has 0 radical (unpaired) electrons. The summed E-state index contributed by atoms with van der Waals surface area (Å²) in [6.45, 7) is 3.89. The molecule has 0 fully saturated rings. The Labute approximate surface area is 106 Å². The minimum atomic E-state index is -0.421. The van der Waals surface area contributed by atoms with Crippen LogP contribution in [0.4, 0.5) is 0 Å². The van der Waals surface area contributed by atoms with E-state index in [1.807, 2.05) is 13.8 Å². The fraction of sp³-hybridized carbons (Fsp3) is 0.500. The molecular weight excluding hydrogens is 240 g/mol. The molecule has 0 saturated heterocycles. The van der Waals surface area contributed by atoms with E-state index in [0.717, 1.165) is 6.42 Å². The molecule has 4 nitrogen and oxygen atoms in total. The van der Waals surface area contributed by atoms with Crippen molar-refractivity contribution in [3.63, 3.8) is 0 Å². The molecule has 1 unspecified atom stereocenters. The highest BCUT2D eigenvalue weighted by molar-refractivity contribution is 6.29. The summed E-state index contributed by atoms with van der Waals surface area (Å²) in [5.41, 5.74) is -0.134. The van der Waals surface area contributed by atoms with E-state index in [4.69, 9.17) is 16.7 Å². The molecule has 5 heteroatoms.